The van der Waals surface area contributed by atoms with Crippen LogP contribution in [-0.4, -0.2) is 0 Å². The van der Waals surface area contributed by atoms with Gasteiger partial charge in [0.05, 0.1) is 10.8 Å². The second-order valence-corrected chi connectivity index (χ2v) is 27.0. The van der Waals surface area contributed by atoms with E-state index in [1.165, 1.54) is 111 Å². The van der Waals surface area contributed by atoms with Crippen molar-refractivity contribution >= 4 is 17.1 Å². The molecule has 0 aromatic heterocycles. The summed E-state index contributed by atoms with van der Waals surface area (Å²) in [5, 5.41) is 0. The molecule has 10 aromatic carbocycles. The van der Waals surface area contributed by atoms with Gasteiger partial charge in [-0.25, -0.2) is 0 Å². The molecule has 0 bridgehead atoms. The quantitative estimate of drug-likeness (QED) is 0.160. The third-order valence-electron chi connectivity index (χ3n) is 18.0. The Morgan fingerprint density at radius 2 is 0.557 bits per heavy atom. The molecule has 0 saturated carbocycles. The summed E-state index contributed by atoms with van der Waals surface area (Å²) in [6.45, 7) is 27.9. The highest BCUT2D eigenvalue weighted by molar-refractivity contribution is 5.97. The number of nitrogens with zero attached hydrogens (tertiary/aromatic N) is 1. The van der Waals surface area contributed by atoms with E-state index in [4.69, 9.17) is 0 Å². The van der Waals surface area contributed by atoms with E-state index in [2.05, 4.69) is 312 Å². The lowest BCUT2D eigenvalue weighted by Crippen LogP contribution is -2.29. The first kappa shape index (κ1) is 50.5. The molecule has 0 heterocycles. The van der Waals surface area contributed by atoms with Crippen LogP contribution in [0.15, 0.2) is 224 Å². The molecular weight excluding hydrogens is 951 g/mol. The molecule has 10 aromatic rings. The molecule has 3 aliphatic carbocycles. The van der Waals surface area contributed by atoms with Gasteiger partial charge >= 0.3 is 0 Å². The summed E-state index contributed by atoms with van der Waals surface area (Å²) in [4.78, 5) is 2.54. The molecule has 79 heavy (non-hydrogen) atoms. The molecule has 3 aliphatic rings. The van der Waals surface area contributed by atoms with E-state index in [1.807, 2.05) is 0 Å². The number of fused-ring (bicyclic) bond motifs is 13. The number of hydrogen-bond acceptors (Lipinski definition) is 1. The molecule has 1 nitrogen and oxygen atoms in total. The topological polar surface area (TPSA) is 3.24 Å². The number of rotatable bonds is 6. The van der Waals surface area contributed by atoms with Gasteiger partial charge in [0.2, 0.25) is 0 Å². The van der Waals surface area contributed by atoms with Crippen LogP contribution in [0.4, 0.5) is 17.1 Å². The smallest absolute Gasteiger partial charge is 0.0726 e. The minimum Gasteiger partial charge on any atom is -0.310 e. The largest absolute Gasteiger partial charge is 0.310 e. The van der Waals surface area contributed by atoms with E-state index in [-0.39, 0.29) is 21.7 Å². The van der Waals surface area contributed by atoms with Gasteiger partial charge in [-0.2, -0.15) is 0 Å². The van der Waals surface area contributed by atoms with Gasteiger partial charge in [-0.05, 0) is 169 Å². The van der Waals surface area contributed by atoms with Crippen molar-refractivity contribution in [3.05, 3.63) is 291 Å². The van der Waals surface area contributed by atoms with Crippen LogP contribution in [0.3, 0.4) is 0 Å². The highest BCUT2D eigenvalue weighted by atomic mass is 15.1. The van der Waals surface area contributed by atoms with Crippen molar-refractivity contribution in [2.24, 2.45) is 0 Å². The van der Waals surface area contributed by atoms with Gasteiger partial charge in [0.1, 0.15) is 0 Å². The standard InChI is InChI=1S/C78H73N/c1-73(2,3)52-30-26-50(27-31-52)51-28-38-58(39-29-51)79(59-40-44-65-61-22-16-18-24-67(61)77(71(65)48-59,54-20-14-13-15-21-54)55-34-32-53(33-35-55)74(4,5)6)60-41-45-66-64-43-37-57(76(10,11)12)47-70(64)78(72(66)49-60)68-25-19-17-23-62(68)63-42-36-56(46-69(63)78)75(7,8)9/h13-49H,1-12H3. The Hall–Kier alpha value is -8.00. The molecule has 1 spiro atoms. The minimum atomic E-state index is -0.579. The zero-order valence-electron chi connectivity index (χ0n) is 48.3. The van der Waals surface area contributed by atoms with Crippen molar-refractivity contribution in [2.45, 2.75) is 116 Å². The van der Waals surface area contributed by atoms with Crippen LogP contribution in [0, 0.1) is 0 Å². The van der Waals surface area contributed by atoms with Gasteiger partial charge in [0.15, 0.2) is 0 Å². The molecular formula is C78H73N. The van der Waals surface area contributed by atoms with Crippen LogP contribution in [0.5, 0.6) is 0 Å². The van der Waals surface area contributed by atoms with E-state index in [0.29, 0.717) is 0 Å². The first-order chi connectivity index (χ1) is 37.7. The van der Waals surface area contributed by atoms with Crippen molar-refractivity contribution in [3.8, 4) is 44.5 Å². The Morgan fingerprint density at radius 3 is 1.01 bits per heavy atom. The van der Waals surface area contributed by atoms with Crippen molar-refractivity contribution in [2.75, 3.05) is 4.90 Å². The minimum absolute atomic E-state index is 0.0191. The summed E-state index contributed by atoms with van der Waals surface area (Å²) in [5.74, 6) is 0. The lowest BCUT2D eigenvalue weighted by Gasteiger charge is -2.36. The van der Waals surface area contributed by atoms with Crippen LogP contribution < -0.4 is 4.90 Å². The van der Waals surface area contributed by atoms with Gasteiger partial charge in [-0.1, -0.05) is 271 Å². The van der Waals surface area contributed by atoms with Crippen LogP contribution in [0.1, 0.15) is 150 Å². The zero-order chi connectivity index (χ0) is 55.0. The highest BCUT2D eigenvalue weighted by Gasteiger charge is 2.53. The summed E-state index contributed by atoms with van der Waals surface area (Å²) in [5.41, 5.74) is 28.3. The number of benzene rings is 10. The fourth-order valence-corrected chi connectivity index (χ4v) is 13.8. The van der Waals surface area contributed by atoms with Gasteiger partial charge in [-0.3, -0.25) is 0 Å². The molecule has 1 heteroatoms. The first-order valence-corrected chi connectivity index (χ1v) is 28.7. The Kier molecular flexibility index (Phi) is 11.4. The highest BCUT2D eigenvalue weighted by Crippen LogP contribution is 2.65. The van der Waals surface area contributed by atoms with Crippen LogP contribution in [-0.2, 0) is 32.5 Å². The fourth-order valence-electron chi connectivity index (χ4n) is 13.8. The molecule has 0 N–H and O–H groups in total. The molecule has 0 saturated heterocycles. The number of hydrogen-bond donors (Lipinski definition) is 0. The molecule has 0 fully saturated rings. The first-order valence-electron chi connectivity index (χ1n) is 28.7. The number of anilines is 3. The van der Waals surface area contributed by atoms with Crippen molar-refractivity contribution in [1.29, 1.82) is 0 Å². The fraction of sp³-hybridized carbons (Fsp3) is 0.231. The Balaban J connectivity index is 1.08. The van der Waals surface area contributed by atoms with Crippen LogP contribution >= 0.6 is 0 Å². The summed E-state index contributed by atoms with van der Waals surface area (Å²) in [6, 6.07) is 87.1. The maximum atomic E-state index is 2.57. The molecule has 13 rings (SSSR count). The van der Waals surface area contributed by atoms with E-state index < -0.39 is 10.8 Å². The molecule has 0 aliphatic heterocycles. The van der Waals surface area contributed by atoms with E-state index in [9.17, 15) is 0 Å². The molecule has 390 valence electrons. The van der Waals surface area contributed by atoms with Crippen LogP contribution in [0.25, 0.3) is 44.5 Å². The normalized spacial score (nSPS) is 17.0. The molecule has 0 amide bonds. The Labute approximate surface area is 470 Å². The second-order valence-electron chi connectivity index (χ2n) is 27.0. The van der Waals surface area contributed by atoms with Crippen LogP contribution in [0.2, 0.25) is 0 Å². The van der Waals surface area contributed by atoms with Gasteiger partial charge in [0, 0.05) is 17.1 Å². The molecule has 2 unspecified atom stereocenters. The predicted octanol–water partition coefficient (Wildman–Crippen LogP) is 20.7. The van der Waals surface area contributed by atoms with Gasteiger partial charge in [0.25, 0.3) is 0 Å². The third-order valence-corrected chi connectivity index (χ3v) is 18.0. The van der Waals surface area contributed by atoms with E-state index in [0.717, 1.165) is 17.1 Å². The van der Waals surface area contributed by atoms with Crippen molar-refractivity contribution in [1.82, 2.24) is 0 Å². The monoisotopic (exact) mass is 1020 g/mol. The average molecular weight is 1020 g/mol. The Bertz CT molecular complexity index is 3990. The molecule has 2 atom stereocenters. The molecule has 0 radical (unpaired) electrons. The average Bonchev–Trinajstić information content (AvgIpc) is 4.03. The Morgan fingerprint density at radius 1 is 0.241 bits per heavy atom. The van der Waals surface area contributed by atoms with E-state index in [1.54, 1.807) is 0 Å². The maximum Gasteiger partial charge on any atom is 0.0726 e. The van der Waals surface area contributed by atoms with Gasteiger partial charge in [-0.15, -0.1) is 0 Å². The second kappa shape index (κ2) is 17.8. The van der Waals surface area contributed by atoms with Crippen molar-refractivity contribution in [3.63, 3.8) is 0 Å². The lowest BCUT2D eigenvalue weighted by atomic mass is 9.67. The predicted molar refractivity (Wildman–Crippen MR) is 335 cm³/mol. The maximum absolute atomic E-state index is 2.57. The summed E-state index contributed by atoms with van der Waals surface area (Å²) in [6.07, 6.45) is 0. The van der Waals surface area contributed by atoms with E-state index >= 15 is 0 Å². The summed E-state index contributed by atoms with van der Waals surface area (Å²) in [7, 11) is 0. The van der Waals surface area contributed by atoms with Gasteiger partial charge < -0.3 is 4.90 Å². The third kappa shape index (κ3) is 7.78. The zero-order valence-corrected chi connectivity index (χ0v) is 48.3. The van der Waals surface area contributed by atoms with Crippen molar-refractivity contribution < 1.29 is 0 Å². The summed E-state index contributed by atoms with van der Waals surface area (Å²) >= 11 is 0. The summed E-state index contributed by atoms with van der Waals surface area (Å²) < 4.78 is 0. The lowest BCUT2D eigenvalue weighted by molar-refractivity contribution is 0.586. The SMILES string of the molecule is CC(C)(C)c1ccc(-c2ccc(N(c3ccc4c(c3)C(c3ccccc3)(c3ccc(C(C)(C)C)cc3)c3ccccc3-4)c3ccc4c(c3)C3(c5ccccc5-c5ccc(C(C)(C)C)cc53)c3cc(C(C)(C)C)ccc3-4)cc2)cc1.